The minimum absolute atomic E-state index is 0.646. The minimum atomic E-state index is -4.74. The summed E-state index contributed by atoms with van der Waals surface area (Å²) in [5.41, 5.74) is -1.34. The van der Waals surface area contributed by atoms with Gasteiger partial charge in [-0.2, -0.15) is 18.3 Å². The number of halogens is 3. The molecule has 0 aliphatic rings. The summed E-state index contributed by atoms with van der Waals surface area (Å²) in [6, 6.07) is 8.66. The maximum Gasteiger partial charge on any atom is 0.436 e. The van der Waals surface area contributed by atoms with Gasteiger partial charge in [-0.25, -0.2) is 4.79 Å². The molecule has 0 radical (unpaired) electrons. The van der Waals surface area contributed by atoms with E-state index in [0.29, 0.717) is 5.56 Å². The van der Waals surface area contributed by atoms with Crippen molar-refractivity contribution in [1.29, 1.82) is 0 Å². The average Bonchev–Trinajstić information content (AvgIpc) is 2.82. The molecule has 2 rings (SSSR count). The lowest BCUT2D eigenvalue weighted by molar-refractivity contribution is -0.142. The molecular weight excluding hydrogens is 287 g/mol. The molecule has 8 heteroatoms. The van der Waals surface area contributed by atoms with Crippen molar-refractivity contribution in [2.45, 2.75) is 6.18 Å². The predicted molar refractivity (Wildman–Crippen MR) is 67.7 cm³/mol. The molecule has 5 nitrogen and oxygen atoms in total. The van der Waals surface area contributed by atoms with Crippen molar-refractivity contribution >= 4 is 12.2 Å². The Hall–Kier alpha value is -2.64. The smallest absolute Gasteiger partial charge is 0.313 e. The Morgan fingerprint density at radius 3 is 2.62 bits per heavy atom. The number of aromatic nitrogens is 2. The first-order valence-electron chi connectivity index (χ1n) is 5.78. The standard InChI is InChI=1S/C13H10F3N3O2/c1-19-8-10(11(18-19)13(14,15)16)12(20)21-17-7-9-5-3-2-4-6-9/h2-8H,1H3/b17-7+. The summed E-state index contributed by atoms with van der Waals surface area (Å²) in [4.78, 5) is 16.1. The van der Waals surface area contributed by atoms with E-state index in [4.69, 9.17) is 0 Å². The number of oxime groups is 1. The zero-order valence-corrected chi connectivity index (χ0v) is 10.8. The summed E-state index contributed by atoms with van der Waals surface area (Å²) in [5.74, 6) is -1.22. The van der Waals surface area contributed by atoms with Gasteiger partial charge in [0, 0.05) is 13.2 Å². The van der Waals surface area contributed by atoms with E-state index in [0.717, 1.165) is 10.9 Å². The number of hydrogen-bond acceptors (Lipinski definition) is 4. The normalized spacial score (nSPS) is 11.8. The van der Waals surface area contributed by atoms with Gasteiger partial charge in [0.2, 0.25) is 0 Å². The third kappa shape index (κ3) is 3.68. The zero-order valence-electron chi connectivity index (χ0n) is 10.8. The summed E-state index contributed by atoms with van der Waals surface area (Å²) in [6.07, 6.45) is -2.58. The van der Waals surface area contributed by atoms with Crippen molar-refractivity contribution in [2.24, 2.45) is 12.2 Å². The number of carbonyl (C=O) groups excluding carboxylic acids is 1. The summed E-state index contributed by atoms with van der Waals surface area (Å²) in [6.45, 7) is 0. The van der Waals surface area contributed by atoms with Crippen molar-refractivity contribution in [2.75, 3.05) is 0 Å². The van der Waals surface area contributed by atoms with Crippen LogP contribution in [0.2, 0.25) is 0 Å². The summed E-state index contributed by atoms with van der Waals surface area (Å²) < 4.78 is 39.0. The predicted octanol–water partition coefficient (Wildman–Crippen LogP) is 2.63. The van der Waals surface area contributed by atoms with Gasteiger partial charge in [0.1, 0.15) is 5.56 Å². The second-order valence-electron chi connectivity index (χ2n) is 4.09. The van der Waals surface area contributed by atoms with Gasteiger partial charge < -0.3 is 4.84 Å². The number of carbonyl (C=O) groups is 1. The lowest BCUT2D eigenvalue weighted by atomic mass is 10.2. The highest BCUT2D eigenvalue weighted by Gasteiger charge is 2.39. The first-order valence-corrected chi connectivity index (χ1v) is 5.78. The van der Waals surface area contributed by atoms with E-state index in [2.05, 4.69) is 15.1 Å². The highest BCUT2D eigenvalue weighted by Crippen LogP contribution is 2.30. The fourth-order valence-corrected chi connectivity index (χ4v) is 1.57. The highest BCUT2D eigenvalue weighted by molar-refractivity contribution is 5.91. The topological polar surface area (TPSA) is 56.5 Å². The maximum atomic E-state index is 12.7. The molecule has 0 saturated heterocycles. The molecule has 0 aliphatic carbocycles. The van der Waals surface area contributed by atoms with Gasteiger partial charge in [0.25, 0.3) is 0 Å². The molecule has 0 bridgehead atoms. The summed E-state index contributed by atoms with van der Waals surface area (Å²) >= 11 is 0. The summed E-state index contributed by atoms with van der Waals surface area (Å²) in [5, 5.41) is 6.58. The first-order chi connectivity index (χ1) is 9.88. The van der Waals surface area contributed by atoms with Gasteiger partial charge in [0.05, 0.1) is 6.21 Å². The third-order valence-electron chi connectivity index (χ3n) is 2.45. The molecule has 110 valence electrons. The van der Waals surface area contributed by atoms with E-state index >= 15 is 0 Å². The fraction of sp³-hybridized carbons (Fsp3) is 0.154. The Kier molecular flexibility index (Phi) is 4.06. The molecule has 1 aromatic carbocycles. The Morgan fingerprint density at radius 1 is 1.33 bits per heavy atom. The van der Waals surface area contributed by atoms with Crippen LogP contribution in [-0.2, 0) is 18.1 Å². The number of alkyl halides is 3. The maximum absolute atomic E-state index is 12.7. The van der Waals surface area contributed by atoms with Crippen LogP contribution in [0.3, 0.4) is 0 Å². The molecule has 2 aromatic rings. The zero-order chi connectivity index (χ0) is 15.5. The van der Waals surface area contributed by atoms with Gasteiger partial charge in [-0.05, 0) is 5.56 Å². The van der Waals surface area contributed by atoms with Crippen LogP contribution >= 0.6 is 0 Å². The lowest BCUT2D eigenvalue weighted by Crippen LogP contribution is -2.13. The molecule has 0 N–H and O–H groups in total. The lowest BCUT2D eigenvalue weighted by Gasteiger charge is -2.03. The molecule has 0 amide bonds. The molecule has 0 fully saturated rings. The Bertz CT molecular complexity index is 663. The van der Waals surface area contributed by atoms with E-state index in [-0.39, 0.29) is 0 Å². The highest BCUT2D eigenvalue weighted by atomic mass is 19.4. The van der Waals surface area contributed by atoms with Gasteiger partial charge >= 0.3 is 12.1 Å². The minimum Gasteiger partial charge on any atom is -0.313 e. The second kappa shape index (κ2) is 5.78. The molecule has 0 saturated carbocycles. The van der Waals surface area contributed by atoms with Gasteiger partial charge in [-0.15, -0.1) is 0 Å². The van der Waals surface area contributed by atoms with Crippen LogP contribution in [0.4, 0.5) is 13.2 Å². The second-order valence-corrected chi connectivity index (χ2v) is 4.09. The average molecular weight is 297 g/mol. The van der Waals surface area contributed by atoms with Gasteiger partial charge in [-0.1, -0.05) is 35.5 Å². The molecular formula is C13H10F3N3O2. The van der Waals surface area contributed by atoms with Crippen LogP contribution in [0.25, 0.3) is 0 Å². The van der Waals surface area contributed by atoms with Crippen molar-refractivity contribution in [1.82, 2.24) is 9.78 Å². The van der Waals surface area contributed by atoms with E-state index in [1.54, 1.807) is 30.3 Å². The van der Waals surface area contributed by atoms with Crippen LogP contribution in [0.1, 0.15) is 21.6 Å². The SMILES string of the molecule is Cn1cc(C(=O)O/N=C/c2ccccc2)c(C(F)(F)F)n1. The van der Waals surface area contributed by atoms with Gasteiger partial charge in [-0.3, -0.25) is 4.68 Å². The number of rotatable bonds is 3. The van der Waals surface area contributed by atoms with Crippen LogP contribution < -0.4 is 0 Å². The number of benzene rings is 1. The molecule has 0 spiro atoms. The molecule has 1 aromatic heterocycles. The van der Waals surface area contributed by atoms with Crippen LogP contribution in [0.15, 0.2) is 41.7 Å². The van der Waals surface area contributed by atoms with E-state index in [9.17, 15) is 18.0 Å². The van der Waals surface area contributed by atoms with E-state index in [1.807, 2.05) is 0 Å². The van der Waals surface area contributed by atoms with Crippen molar-refractivity contribution in [3.63, 3.8) is 0 Å². The fourth-order valence-electron chi connectivity index (χ4n) is 1.57. The monoisotopic (exact) mass is 297 g/mol. The van der Waals surface area contributed by atoms with Crippen LogP contribution in [0.5, 0.6) is 0 Å². The molecule has 0 aliphatic heterocycles. The Morgan fingerprint density at radius 2 is 2.00 bits per heavy atom. The third-order valence-corrected chi connectivity index (χ3v) is 2.45. The largest absolute Gasteiger partial charge is 0.436 e. The number of nitrogens with zero attached hydrogens (tertiary/aromatic N) is 3. The van der Waals surface area contributed by atoms with E-state index < -0.39 is 23.4 Å². The molecule has 0 unspecified atom stereocenters. The van der Waals surface area contributed by atoms with Crippen molar-refractivity contribution in [3.8, 4) is 0 Å². The molecule has 0 atom stereocenters. The number of aryl methyl sites for hydroxylation is 1. The van der Waals surface area contributed by atoms with Crippen LogP contribution in [0, 0.1) is 0 Å². The van der Waals surface area contributed by atoms with Crippen molar-refractivity contribution < 1.29 is 22.8 Å². The Labute approximate surface area is 117 Å². The quantitative estimate of drug-likeness (QED) is 0.497. The van der Waals surface area contributed by atoms with Crippen molar-refractivity contribution in [3.05, 3.63) is 53.3 Å². The van der Waals surface area contributed by atoms with E-state index in [1.165, 1.54) is 13.3 Å². The molecule has 1 heterocycles. The van der Waals surface area contributed by atoms with Gasteiger partial charge in [0.15, 0.2) is 5.69 Å². The molecule has 21 heavy (non-hydrogen) atoms. The Balaban J connectivity index is 2.13. The number of hydrogen-bond donors (Lipinski definition) is 0. The first kappa shape index (κ1) is 14.8. The van der Waals surface area contributed by atoms with Crippen LogP contribution in [-0.4, -0.2) is 22.0 Å². The summed E-state index contributed by atoms with van der Waals surface area (Å²) in [7, 11) is 1.28.